The van der Waals surface area contributed by atoms with Gasteiger partial charge in [0.05, 0.1) is 12.6 Å². The number of methoxy groups -OCH3 is 1. The molecule has 0 bridgehead atoms. The molecule has 0 aliphatic carbocycles. The van der Waals surface area contributed by atoms with Gasteiger partial charge in [-0.25, -0.2) is 0 Å². The lowest BCUT2D eigenvalue weighted by molar-refractivity contribution is -0.138. The molecule has 108 valence electrons. The molecule has 0 fully saturated rings. The van der Waals surface area contributed by atoms with E-state index in [1.807, 2.05) is 25.1 Å². The van der Waals surface area contributed by atoms with Crippen LogP contribution in [-0.4, -0.2) is 22.8 Å². The fourth-order valence-corrected chi connectivity index (χ4v) is 2.82. The maximum atomic E-state index is 11.3. The van der Waals surface area contributed by atoms with Crippen LogP contribution in [0.25, 0.3) is 10.9 Å². The SMILES string of the molecule is COc1cccc2c1c(C(N)C(=O)O)c(C)n2C(C)C. The second kappa shape index (κ2) is 5.17. The lowest BCUT2D eigenvalue weighted by atomic mass is 10.0. The number of carboxylic acids is 1. The lowest BCUT2D eigenvalue weighted by Crippen LogP contribution is -2.21. The zero-order valence-electron chi connectivity index (χ0n) is 12.2. The summed E-state index contributed by atoms with van der Waals surface area (Å²) in [5, 5.41) is 10.0. The van der Waals surface area contributed by atoms with Gasteiger partial charge in [-0.1, -0.05) is 6.07 Å². The van der Waals surface area contributed by atoms with Crippen molar-refractivity contribution in [3.8, 4) is 5.75 Å². The Labute approximate surface area is 117 Å². The van der Waals surface area contributed by atoms with Gasteiger partial charge in [-0.05, 0) is 32.9 Å². The van der Waals surface area contributed by atoms with E-state index in [0.717, 1.165) is 16.6 Å². The first-order chi connectivity index (χ1) is 9.40. The Morgan fingerprint density at radius 3 is 2.55 bits per heavy atom. The summed E-state index contributed by atoms with van der Waals surface area (Å²) in [6.45, 7) is 6.02. The number of hydrogen-bond donors (Lipinski definition) is 2. The van der Waals surface area contributed by atoms with Crippen molar-refractivity contribution in [3.05, 3.63) is 29.5 Å². The summed E-state index contributed by atoms with van der Waals surface area (Å²) in [6.07, 6.45) is 0. The van der Waals surface area contributed by atoms with Gasteiger partial charge < -0.3 is 20.1 Å². The molecule has 2 rings (SSSR count). The molecular weight excluding hydrogens is 256 g/mol. The molecule has 2 aromatic rings. The first-order valence-electron chi connectivity index (χ1n) is 6.55. The third-order valence-electron chi connectivity index (χ3n) is 3.60. The normalized spacial score (nSPS) is 12.9. The molecule has 1 aromatic heterocycles. The Morgan fingerprint density at radius 1 is 1.40 bits per heavy atom. The molecule has 5 nitrogen and oxygen atoms in total. The van der Waals surface area contributed by atoms with Gasteiger partial charge in [-0.2, -0.15) is 0 Å². The van der Waals surface area contributed by atoms with Crippen LogP contribution < -0.4 is 10.5 Å². The standard InChI is InChI=1S/C15H20N2O3/c1-8(2)17-9(3)12(14(16)15(18)19)13-10(17)6-5-7-11(13)20-4/h5-8,14H,16H2,1-4H3,(H,18,19). The molecule has 0 saturated carbocycles. The van der Waals surface area contributed by atoms with Crippen molar-refractivity contribution in [3.63, 3.8) is 0 Å². The molecule has 0 spiro atoms. The number of ether oxygens (including phenoxy) is 1. The minimum atomic E-state index is -1.06. The number of hydrogen-bond acceptors (Lipinski definition) is 3. The molecule has 0 saturated heterocycles. The van der Waals surface area contributed by atoms with Crippen LogP contribution in [0.3, 0.4) is 0 Å². The minimum absolute atomic E-state index is 0.208. The molecule has 0 aliphatic rings. The molecule has 3 N–H and O–H groups in total. The summed E-state index contributed by atoms with van der Waals surface area (Å²) in [5.74, 6) is -0.390. The number of aliphatic carboxylic acids is 1. The van der Waals surface area contributed by atoms with E-state index in [-0.39, 0.29) is 6.04 Å². The number of carbonyl (C=O) groups is 1. The second-order valence-corrected chi connectivity index (χ2v) is 5.13. The number of rotatable bonds is 4. The van der Waals surface area contributed by atoms with E-state index in [1.165, 1.54) is 0 Å². The number of nitrogens with zero attached hydrogens (tertiary/aromatic N) is 1. The van der Waals surface area contributed by atoms with Crippen LogP contribution in [0.2, 0.25) is 0 Å². The molecule has 20 heavy (non-hydrogen) atoms. The van der Waals surface area contributed by atoms with Gasteiger partial charge in [0, 0.05) is 22.7 Å². The van der Waals surface area contributed by atoms with Gasteiger partial charge in [-0.15, -0.1) is 0 Å². The molecule has 1 heterocycles. The first-order valence-corrected chi connectivity index (χ1v) is 6.55. The highest BCUT2D eigenvalue weighted by Gasteiger charge is 2.26. The van der Waals surface area contributed by atoms with Gasteiger partial charge in [0.1, 0.15) is 11.8 Å². The summed E-state index contributed by atoms with van der Waals surface area (Å²) < 4.78 is 7.48. The van der Waals surface area contributed by atoms with Crippen molar-refractivity contribution in [1.82, 2.24) is 4.57 Å². The van der Waals surface area contributed by atoms with E-state index >= 15 is 0 Å². The quantitative estimate of drug-likeness (QED) is 0.900. The van der Waals surface area contributed by atoms with Gasteiger partial charge in [0.2, 0.25) is 0 Å². The van der Waals surface area contributed by atoms with Gasteiger partial charge in [0.15, 0.2) is 0 Å². The van der Waals surface area contributed by atoms with Crippen LogP contribution in [0.5, 0.6) is 5.75 Å². The largest absolute Gasteiger partial charge is 0.496 e. The van der Waals surface area contributed by atoms with E-state index in [4.69, 9.17) is 10.5 Å². The summed E-state index contributed by atoms with van der Waals surface area (Å²) in [6, 6.07) is 4.83. The molecule has 0 aliphatic heterocycles. The highest BCUT2D eigenvalue weighted by Crippen LogP contribution is 2.37. The Bertz CT molecular complexity index is 659. The van der Waals surface area contributed by atoms with E-state index in [0.29, 0.717) is 11.3 Å². The zero-order chi connectivity index (χ0) is 15.0. The third kappa shape index (κ3) is 2.04. The molecular formula is C15H20N2O3. The van der Waals surface area contributed by atoms with Gasteiger partial charge in [-0.3, -0.25) is 4.79 Å². The fourth-order valence-electron chi connectivity index (χ4n) is 2.82. The van der Waals surface area contributed by atoms with E-state index in [1.54, 1.807) is 7.11 Å². The Kier molecular flexibility index (Phi) is 3.72. The fraction of sp³-hybridized carbons (Fsp3) is 0.400. The van der Waals surface area contributed by atoms with E-state index < -0.39 is 12.0 Å². The number of aromatic nitrogens is 1. The van der Waals surface area contributed by atoms with Crippen LogP contribution in [0.4, 0.5) is 0 Å². The van der Waals surface area contributed by atoms with Crippen molar-refractivity contribution in [2.45, 2.75) is 32.9 Å². The highest BCUT2D eigenvalue weighted by atomic mass is 16.5. The molecule has 1 unspecified atom stereocenters. The first kappa shape index (κ1) is 14.4. The number of nitrogens with two attached hydrogens (primary N) is 1. The van der Waals surface area contributed by atoms with Crippen molar-refractivity contribution >= 4 is 16.9 Å². The minimum Gasteiger partial charge on any atom is -0.496 e. The van der Waals surface area contributed by atoms with Crippen LogP contribution >= 0.6 is 0 Å². The predicted molar refractivity (Wildman–Crippen MR) is 78.2 cm³/mol. The maximum absolute atomic E-state index is 11.3. The van der Waals surface area contributed by atoms with Crippen molar-refractivity contribution < 1.29 is 14.6 Å². The monoisotopic (exact) mass is 276 g/mol. The van der Waals surface area contributed by atoms with Crippen molar-refractivity contribution in [2.24, 2.45) is 5.73 Å². The van der Waals surface area contributed by atoms with Crippen LogP contribution in [0.1, 0.15) is 37.2 Å². The Morgan fingerprint density at radius 2 is 2.05 bits per heavy atom. The average molecular weight is 276 g/mol. The smallest absolute Gasteiger partial charge is 0.325 e. The second-order valence-electron chi connectivity index (χ2n) is 5.13. The summed E-state index contributed by atoms with van der Waals surface area (Å²) in [7, 11) is 1.58. The number of benzene rings is 1. The Balaban J connectivity index is 2.91. The van der Waals surface area contributed by atoms with Crippen LogP contribution in [0, 0.1) is 6.92 Å². The molecule has 1 aromatic carbocycles. The summed E-state index contributed by atoms with van der Waals surface area (Å²) in [4.78, 5) is 11.3. The van der Waals surface area contributed by atoms with Crippen molar-refractivity contribution in [2.75, 3.05) is 7.11 Å². The van der Waals surface area contributed by atoms with Crippen LogP contribution in [0.15, 0.2) is 18.2 Å². The van der Waals surface area contributed by atoms with E-state index in [2.05, 4.69) is 18.4 Å². The third-order valence-corrected chi connectivity index (χ3v) is 3.60. The van der Waals surface area contributed by atoms with E-state index in [9.17, 15) is 9.90 Å². The lowest BCUT2D eigenvalue weighted by Gasteiger charge is -2.13. The topological polar surface area (TPSA) is 77.5 Å². The molecule has 1 atom stereocenters. The Hall–Kier alpha value is -2.01. The molecule has 0 amide bonds. The highest BCUT2D eigenvalue weighted by molar-refractivity contribution is 5.95. The molecule has 0 radical (unpaired) electrons. The average Bonchev–Trinajstić information content (AvgIpc) is 2.69. The van der Waals surface area contributed by atoms with Gasteiger partial charge in [0.25, 0.3) is 0 Å². The maximum Gasteiger partial charge on any atom is 0.325 e. The summed E-state index contributed by atoms with van der Waals surface area (Å²) in [5.41, 5.74) is 8.31. The van der Waals surface area contributed by atoms with Crippen LogP contribution in [-0.2, 0) is 4.79 Å². The number of carboxylic acid groups (broad SMARTS) is 1. The van der Waals surface area contributed by atoms with Gasteiger partial charge >= 0.3 is 5.97 Å². The molecule has 5 heteroatoms. The number of fused-ring (bicyclic) bond motifs is 1. The predicted octanol–water partition coefficient (Wildman–Crippen LogP) is 2.62. The zero-order valence-corrected chi connectivity index (χ0v) is 12.2. The summed E-state index contributed by atoms with van der Waals surface area (Å²) >= 11 is 0. The van der Waals surface area contributed by atoms with Crippen molar-refractivity contribution in [1.29, 1.82) is 0 Å².